The molecule has 1 aliphatic heterocycles. The molecule has 0 spiro atoms. The molecule has 0 amide bonds. The quantitative estimate of drug-likeness (QED) is 0.373. The van der Waals surface area contributed by atoms with E-state index in [0.717, 1.165) is 61.3 Å². The molecule has 8 heteroatoms. The van der Waals surface area contributed by atoms with Crippen molar-refractivity contribution in [3.63, 3.8) is 0 Å². The maximum absolute atomic E-state index is 13.4. The summed E-state index contributed by atoms with van der Waals surface area (Å²) in [6.07, 6.45) is 2.95. The molecule has 0 radical (unpaired) electrons. The van der Waals surface area contributed by atoms with E-state index in [1.807, 2.05) is 30.3 Å². The second-order valence-electron chi connectivity index (χ2n) is 7.81. The highest BCUT2D eigenvalue weighted by atomic mass is 32.1. The van der Waals surface area contributed by atoms with Crippen LogP contribution < -0.4 is 4.74 Å². The third-order valence-electron chi connectivity index (χ3n) is 5.79. The number of hydrogen-bond acceptors (Lipinski definition) is 7. The maximum Gasteiger partial charge on any atom is 0.253 e. The molecule has 0 aliphatic carbocycles. The van der Waals surface area contributed by atoms with Gasteiger partial charge in [0, 0.05) is 29.5 Å². The van der Waals surface area contributed by atoms with Gasteiger partial charge in [0.1, 0.15) is 22.8 Å². The molecule has 160 valence electrons. The highest BCUT2D eigenvalue weighted by Crippen LogP contribution is 2.33. The lowest BCUT2D eigenvalue weighted by Crippen LogP contribution is -2.34. The van der Waals surface area contributed by atoms with Crippen molar-refractivity contribution in [2.45, 2.75) is 25.2 Å². The van der Waals surface area contributed by atoms with Crippen LogP contribution in [0.4, 0.5) is 4.39 Å². The van der Waals surface area contributed by atoms with Crippen LogP contribution in [-0.2, 0) is 0 Å². The Hall–Kier alpha value is -2.84. The predicted octanol–water partition coefficient (Wildman–Crippen LogP) is 5.13. The Balaban J connectivity index is 1.09. The first-order valence-electron chi connectivity index (χ1n) is 10.6. The van der Waals surface area contributed by atoms with Gasteiger partial charge in [0.05, 0.1) is 18.3 Å². The molecular weight excluding hydrogens is 415 g/mol. The Morgan fingerprint density at radius 2 is 1.94 bits per heavy atom. The highest BCUT2D eigenvalue weighted by molar-refractivity contribution is 6.99. The highest BCUT2D eigenvalue weighted by Gasteiger charge is 2.25. The lowest BCUT2D eigenvalue weighted by atomic mass is 9.92. The number of piperidine rings is 1. The van der Waals surface area contributed by atoms with E-state index in [4.69, 9.17) is 9.26 Å². The van der Waals surface area contributed by atoms with Gasteiger partial charge in [0.2, 0.25) is 0 Å². The van der Waals surface area contributed by atoms with Crippen molar-refractivity contribution < 1.29 is 13.7 Å². The normalized spacial score (nSPS) is 15.5. The molecule has 2 aromatic heterocycles. The first kappa shape index (κ1) is 20.1. The molecule has 1 saturated heterocycles. The first-order chi connectivity index (χ1) is 15.3. The Morgan fingerprint density at radius 1 is 1.10 bits per heavy atom. The molecule has 6 nitrogen and oxygen atoms in total. The zero-order valence-corrected chi connectivity index (χ0v) is 17.9. The monoisotopic (exact) mass is 438 g/mol. The Bertz CT molecular complexity index is 1140. The molecule has 5 rings (SSSR count). The minimum absolute atomic E-state index is 0.284. The van der Waals surface area contributed by atoms with Crippen molar-refractivity contribution in [2.24, 2.45) is 0 Å². The number of ether oxygens (including phenoxy) is 1. The molecule has 0 unspecified atom stereocenters. The first-order valence-corrected chi connectivity index (χ1v) is 11.3. The fourth-order valence-corrected chi connectivity index (χ4v) is 4.67. The fraction of sp³-hybridized carbons (Fsp3) is 0.348. The Labute approximate surface area is 184 Å². The number of fused-ring (bicyclic) bond motifs is 1. The molecule has 0 bridgehead atoms. The van der Waals surface area contributed by atoms with Crippen molar-refractivity contribution in [1.29, 1.82) is 0 Å². The van der Waals surface area contributed by atoms with E-state index in [1.165, 1.54) is 23.9 Å². The summed E-state index contributed by atoms with van der Waals surface area (Å²) in [4.78, 5) is 2.45. The van der Waals surface area contributed by atoms with Crippen molar-refractivity contribution in [3.05, 3.63) is 60.1 Å². The van der Waals surface area contributed by atoms with Gasteiger partial charge < -0.3 is 14.2 Å². The van der Waals surface area contributed by atoms with Gasteiger partial charge >= 0.3 is 0 Å². The van der Waals surface area contributed by atoms with Crippen LogP contribution in [0.2, 0.25) is 0 Å². The second-order valence-corrected chi connectivity index (χ2v) is 8.34. The van der Waals surface area contributed by atoms with E-state index in [1.54, 1.807) is 6.07 Å². The van der Waals surface area contributed by atoms with E-state index < -0.39 is 0 Å². The summed E-state index contributed by atoms with van der Waals surface area (Å²) in [6.45, 7) is 3.60. The summed E-state index contributed by atoms with van der Waals surface area (Å²) in [6, 6.07) is 14.7. The topological polar surface area (TPSA) is 64.3 Å². The van der Waals surface area contributed by atoms with Crippen molar-refractivity contribution >= 4 is 22.6 Å². The van der Waals surface area contributed by atoms with E-state index in [0.29, 0.717) is 23.9 Å². The molecular formula is C23H23FN4O2S. The lowest BCUT2D eigenvalue weighted by Gasteiger charge is -2.30. The van der Waals surface area contributed by atoms with Crippen molar-refractivity contribution in [2.75, 3.05) is 26.2 Å². The van der Waals surface area contributed by atoms with E-state index in [2.05, 4.69) is 18.8 Å². The third kappa shape index (κ3) is 4.45. The Kier molecular flexibility index (Phi) is 5.90. The number of nitrogens with zero attached hydrogens (tertiary/aromatic N) is 4. The number of halogens is 1. The molecule has 1 aliphatic rings. The smallest absolute Gasteiger partial charge is 0.253 e. The number of rotatable bonds is 7. The van der Waals surface area contributed by atoms with Gasteiger partial charge in [-0.05, 0) is 44.5 Å². The Morgan fingerprint density at radius 3 is 2.77 bits per heavy atom. The SMILES string of the molecule is Fc1ccc2c(C3CCN(CCCOc4nsnc4-c4ccccc4)CC3)onc2c1. The minimum atomic E-state index is -0.284. The zero-order chi connectivity index (χ0) is 21.0. The van der Waals surface area contributed by atoms with Crippen molar-refractivity contribution in [3.8, 4) is 17.1 Å². The summed E-state index contributed by atoms with van der Waals surface area (Å²) in [5.41, 5.74) is 2.43. The van der Waals surface area contributed by atoms with Crippen LogP contribution in [0, 0.1) is 5.82 Å². The number of hydrogen-bond donors (Lipinski definition) is 0. The van der Waals surface area contributed by atoms with Gasteiger partial charge in [-0.2, -0.15) is 4.37 Å². The van der Waals surface area contributed by atoms with Gasteiger partial charge in [-0.1, -0.05) is 35.5 Å². The molecule has 3 heterocycles. The summed E-state index contributed by atoms with van der Waals surface area (Å²) in [5.74, 6) is 1.55. The number of benzene rings is 2. The molecule has 1 fully saturated rings. The molecule has 0 saturated carbocycles. The van der Waals surface area contributed by atoms with Crippen LogP contribution in [-0.4, -0.2) is 45.0 Å². The zero-order valence-electron chi connectivity index (χ0n) is 17.0. The van der Waals surface area contributed by atoms with Gasteiger partial charge in [-0.15, -0.1) is 4.37 Å². The standard InChI is InChI=1S/C23H23FN4O2S/c24-18-7-8-19-20(15-18)25-30-22(19)17-9-12-28(13-10-17)11-4-14-29-23-21(26-31-27-23)16-5-2-1-3-6-16/h1-3,5-8,15,17H,4,9-14H2. The van der Waals surface area contributed by atoms with E-state index in [9.17, 15) is 4.39 Å². The molecule has 4 aromatic rings. The van der Waals surface area contributed by atoms with Crippen LogP contribution in [0.15, 0.2) is 53.1 Å². The summed E-state index contributed by atoms with van der Waals surface area (Å²) in [5, 5.41) is 4.96. The molecule has 0 atom stereocenters. The number of aromatic nitrogens is 3. The van der Waals surface area contributed by atoms with Gasteiger partial charge in [0.15, 0.2) is 0 Å². The summed E-state index contributed by atoms with van der Waals surface area (Å²) in [7, 11) is 0. The maximum atomic E-state index is 13.4. The van der Waals surface area contributed by atoms with Crippen LogP contribution in [0.25, 0.3) is 22.2 Å². The average molecular weight is 439 g/mol. The second kappa shape index (κ2) is 9.11. The van der Waals surface area contributed by atoms with Gasteiger partial charge in [-0.25, -0.2) is 4.39 Å². The third-order valence-corrected chi connectivity index (χ3v) is 6.30. The van der Waals surface area contributed by atoms with Crippen LogP contribution in [0.3, 0.4) is 0 Å². The fourth-order valence-electron chi connectivity index (χ4n) is 4.15. The molecule has 0 N–H and O–H groups in total. The van der Waals surface area contributed by atoms with Gasteiger partial charge in [0.25, 0.3) is 5.88 Å². The lowest BCUT2D eigenvalue weighted by molar-refractivity contribution is 0.182. The van der Waals surface area contributed by atoms with E-state index >= 15 is 0 Å². The summed E-state index contributed by atoms with van der Waals surface area (Å²) < 4.78 is 33.5. The van der Waals surface area contributed by atoms with Crippen LogP contribution in [0.1, 0.15) is 30.9 Å². The minimum Gasteiger partial charge on any atom is -0.475 e. The molecule has 2 aromatic carbocycles. The van der Waals surface area contributed by atoms with Crippen molar-refractivity contribution in [1.82, 2.24) is 18.8 Å². The van der Waals surface area contributed by atoms with Crippen LogP contribution in [0.5, 0.6) is 5.88 Å². The van der Waals surface area contributed by atoms with E-state index in [-0.39, 0.29) is 5.82 Å². The summed E-state index contributed by atoms with van der Waals surface area (Å²) >= 11 is 1.18. The average Bonchev–Trinajstić information content (AvgIpc) is 3.44. The molecule has 31 heavy (non-hydrogen) atoms. The van der Waals surface area contributed by atoms with Gasteiger partial charge in [-0.3, -0.25) is 0 Å². The number of likely N-dealkylation sites (tertiary alicyclic amines) is 1. The predicted molar refractivity (Wildman–Crippen MR) is 118 cm³/mol. The largest absolute Gasteiger partial charge is 0.475 e. The van der Waals surface area contributed by atoms with Crippen LogP contribution >= 0.6 is 11.7 Å².